The molecule has 1 aromatic rings. The first-order chi connectivity index (χ1) is 8.63. The molecule has 0 aromatic heterocycles. The average Bonchev–Trinajstić information content (AvgIpc) is 2.38. The van der Waals surface area contributed by atoms with Gasteiger partial charge in [-0.2, -0.15) is 0 Å². The molecule has 1 saturated heterocycles. The largest absolute Gasteiger partial charge is 0.394 e. The molecule has 100 valence electrons. The molecule has 2 atom stereocenters. The highest BCUT2D eigenvalue weighted by molar-refractivity contribution is 5.51. The van der Waals surface area contributed by atoms with Crippen molar-refractivity contribution < 1.29 is 9.50 Å². The number of aliphatic hydroxyl groups is 1. The van der Waals surface area contributed by atoms with Crippen molar-refractivity contribution >= 4 is 5.69 Å². The number of hydrogen-bond acceptors (Lipinski definition) is 3. The van der Waals surface area contributed by atoms with Gasteiger partial charge in [-0.1, -0.05) is 6.07 Å². The van der Waals surface area contributed by atoms with Gasteiger partial charge in [0.15, 0.2) is 0 Å². The van der Waals surface area contributed by atoms with Crippen LogP contribution < -0.4 is 10.6 Å². The molecule has 1 aromatic carbocycles. The Balaban J connectivity index is 2.26. The molecule has 0 spiro atoms. The van der Waals surface area contributed by atoms with Crippen LogP contribution in [0.4, 0.5) is 10.1 Å². The Kier molecular flexibility index (Phi) is 4.19. The van der Waals surface area contributed by atoms with Crippen LogP contribution >= 0.6 is 0 Å². The van der Waals surface area contributed by atoms with Gasteiger partial charge >= 0.3 is 0 Å². The van der Waals surface area contributed by atoms with E-state index < -0.39 is 0 Å². The topological polar surface area (TPSA) is 49.5 Å². The predicted molar refractivity (Wildman–Crippen MR) is 71.1 cm³/mol. The van der Waals surface area contributed by atoms with Crippen LogP contribution in [0.1, 0.15) is 37.8 Å². The van der Waals surface area contributed by atoms with Crippen molar-refractivity contribution in [2.75, 3.05) is 18.1 Å². The monoisotopic (exact) mass is 252 g/mol. The lowest BCUT2D eigenvalue weighted by Crippen LogP contribution is -2.42. The zero-order valence-electron chi connectivity index (χ0n) is 10.8. The van der Waals surface area contributed by atoms with E-state index in [1.165, 1.54) is 6.07 Å². The van der Waals surface area contributed by atoms with Crippen LogP contribution in [-0.2, 0) is 0 Å². The molecule has 1 aliphatic heterocycles. The Bertz CT molecular complexity index is 409. The molecule has 2 rings (SSSR count). The minimum atomic E-state index is -0.245. The summed E-state index contributed by atoms with van der Waals surface area (Å²) in [4.78, 5) is 1.98. The summed E-state index contributed by atoms with van der Waals surface area (Å²) in [6, 6.07) is 5.02. The maximum atomic E-state index is 14.1. The number of aliphatic hydroxyl groups excluding tert-OH is 1. The summed E-state index contributed by atoms with van der Waals surface area (Å²) < 4.78 is 14.1. The lowest BCUT2D eigenvalue weighted by molar-refractivity contribution is 0.239. The summed E-state index contributed by atoms with van der Waals surface area (Å²) in [5.41, 5.74) is 7.13. The van der Waals surface area contributed by atoms with Crippen LogP contribution in [-0.4, -0.2) is 24.3 Å². The molecule has 0 bridgehead atoms. The van der Waals surface area contributed by atoms with Crippen molar-refractivity contribution in [1.82, 2.24) is 0 Å². The Morgan fingerprint density at radius 2 is 2.28 bits per heavy atom. The molecule has 1 aliphatic rings. The number of rotatable bonds is 3. The van der Waals surface area contributed by atoms with E-state index in [0.717, 1.165) is 31.4 Å². The van der Waals surface area contributed by atoms with Gasteiger partial charge in [0, 0.05) is 12.6 Å². The van der Waals surface area contributed by atoms with Crippen molar-refractivity contribution in [3.8, 4) is 0 Å². The van der Waals surface area contributed by atoms with Crippen molar-refractivity contribution in [1.29, 1.82) is 0 Å². The smallest absolute Gasteiger partial charge is 0.146 e. The normalized spacial score (nSPS) is 22.0. The molecule has 18 heavy (non-hydrogen) atoms. The standard InChI is InChI=1S/C14H21FN2O/c1-10(16)11-5-6-14(13(15)8-11)17-7-3-2-4-12(17)9-18/h5-6,8,10,12,18H,2-4,7,9,16H2,1H3/t10-,12?/m1/s1. The molecular formula is C14H21FN2O. The van der Waals surface area contributed by atoms with E-state index in [2.05, 4.69) is 0 Å². The summed E-state index contributed by atoms with van der Waals surface area (Å²) in [7, 11) is 0. The number of anilines is 1. The lowest BCUT2D eigenvalue weighted by atomic mass is 10.0. The highest BCUT2D eigenvalue weighted by Crippen LogP contribution is 2.28. The van der Waals surface area contributed by atoms with E-state index in [1.54, 1.807) is 6.07 Å². The zero-order chi connectivity index (χ0) is 13.1. The lowest BCUT2D eigenvalue weighted by Gasteiger charge is -2.36. The molecule has 3 N–H and O–H groups in total. The fourth-order valence-corrected chi connectivity index (χ4v) is 2.55. The summed E-state index contributed by atoms with van der Waals surface area (Å²) in [5.74, 6) is -0.245. The van der Waals surface area contributed by atoms with E-state index in [9.17, 15) is 9.50 Å². The zero-order valence-corrected chi connectivity index (χ0v) is 10.8. The maximum Gasteiger partial charge on any atom is 0.146 e. The second kappa shape index (κ2) is 5.67. The summed E-state index contributed by atoms with van der Waals surface area (Å²) in [6.45, 7) is 2.72. The van der Waals surface area contributed by atoms with Crippen molar-refractivity contribution in [2.45, 2.75) is 38.3 Å². The summed E-state index contributed by atoms with van der Waals surface area (Å²) in [5, 5.41) is 9.37. The Labute approximate surface area is 107 Å². The van der Waals surface area contributed by atoms with Gasteiger partial charge in [0.25, 0.3) is 0 Å². The summed E-state index contributed by atoms with van der Waals surface area (Å²) >= 11 is 0. The number of nitrogens with zero attached hydrogens (tertiary/aromatic N) is 1. The molecular weight excluding hydrogens is 231 g/mol. The first-order valence-electron chi connectivity index (χ1n) is 6.56. The van der Waals surface area contributed by atoms with Crippen LogP contribution in [0.2, 0.25) is 0 Å². The van der Waals surface area contributed by atoms with Crippen LogP contribution in [0.25, 0.3) is 0 Å². The quantitative estimate of drug-likeness (QED) is 0.867. The third-order valence-corrected chi connectivity index (χ3v) is 3.64. The molecule has 1 heterocycles. The molecule has 0 radical (unpaired) electrons. The minimum absolute atomic E-state index is 0.0365. The predicted octanol–water partition coefficient (Wildman–Crippen LogP) is 2.20. The van der Waals surface area contributed by atoms with Crippen LogP contribution in [0, 0.1) is 5.82 Å². The second-order valence-corrected chi connectivity index (χ2v) is 5.03. The molecule has 4 heteroatoms. The number of halogens is 1. The maximum absolute atomic E-state index is 14.1. The SMILES string of the molecule is C[C@@H](N)c1ccc(N2CCCCC2CO)c(F)c1. The van der Waals surface area contributed by atoms with E-state index in [4.69, 9.17) is 5.73 Å². The van der Waals surface area contributed by atoms with Crippen molar-refractivity contribution in [2.24, 2.45) is 5.73 Å². The Hall–Kier alpha value is -1.13. The van der Waals surface area contributed by atoms with E-state index in [-0.39, 0.29) is 24.5 Å². The van der Waals surface area contributed by atoms with Gasteiger partial charge in [0.2, 0.25) is 0 Å². The first-order valence-corrected chi connectivity index (χ1v) is 6.56. The van der Waals surface area contributed by atoms with Gasteiger partial charge in [-0.3, -0.25) is 0 Å². The molecule has 0 aliphatic carbocycles. The highest BCUT2D eigenvalue weighted by Gasteiger charge is 2.24. The van der Waals surface area contributed by atoms with Crippen LogP contribution in [0.3, 0.4) is 0 Å². The third kappa shape index (κ3) is 2.65. The van der Waals surface area contributed by atoms with Gasteiger partial charge < -0.3 is 15.7 Å². The van der Waals surface area contributed by atoms with Gasteiger partial charge in [-0.05, 0) is 43.9 Å². The van der Waals surface area contributed by atoms with Gasteiger partial charge in [0.1, 0.15) is 5.82 Å². The van der Waals surface area contributed by atoms with Gasteiger partial charge in [0.05, 0.1) is 18.3 Å². The highest BCUT2D eigenvalue weighted by atomic mass is 19.1. The molecule has 0 amide bonds. The van der Waals surface area contributed by atoms with E-state index >= 15 is 0 Å². The van der Waals surface area contributed by atoms with Crippen molar-refractivity contribution in [3.05, 3.63) is 29.6 Å². The number of hydrogen-bond donors (Lipinski definition) is 2. The number of benzene rings is 1. The van der Waals surface area contributed by atoms with Crippen molar-refractivity contribution in [3.63, 3.8) is 0 Å². The molecule has 1 fully saturated rings. The number of piperidine rings is 1. The van der Waals surface area contributed by atoms with Crippen LogP contribution in [0.15, 0.2) is 18.2 Å². The van der Waals surface area contributed by atoms with Gasteiger partial charge in [-0.15, -0.1) is 0 Å². The molecule has 0 saturated carbocycles. The molecule has 1 unspecified atom stereocenters. The average molecular weight is 252 g/mol. The van der Waals surface area contributed by atoms with E-state index in [1.807, 2.05) is 17.9 Å². The summed E-state index contributed by atoms with van der Waals surface area (Å²) in [6.07, 6.45) is 3.07. The van der Waals surface area contributed by atoms with Crippen LogP contribution in [0.5, 0.6) is 0 Å². The minimum Gasteiger partial charge on any atom is -0.394 e. The number of nitrogens with two attached hydrogens (primary N) is 1. The fourth-order valence-electron chi connectivity index (χ4n) is 2.55. The van der Waals surface area contributed by atoms with Gasteiger partial charge in [-0.25, -0.2) is 4.39 Å². The first kappa shape index (κ1) is 13.3. The fraction of sp³-hybridized carbons (Fsp3) is 0.571. The Morgan fingerprint density at radius 1 is 1.50 bits per heavy atom. The van der Waals surface area contributed by atoms with E-state index in [0.29, 0.717) is 5.69 Å². The Morgan fingerprint density at radius 3 is 2.89 bits per heavy atom. The second-order valence-electron chi connectivity index (χ2n) is 5.03. The molecule has 3 nitrogen and oxygen atoms in total. The third-order valence-electron chi connectivity index (χ3n) is 3.64.